The summed E-state index contributed by atoms with van der Waals surface area (Å²) in [4.78, 5) is 13.1. The fourth-order valence-electron chi connectivity index (χ4n) is 8.55. The van der Waals surface area contributed by atoms with E-state index >= 15 is 0 Å². The minimum absolute atomic E-state index is 0.0441. The molecule has 0 radical (unpaired) electrons. The Balaban J connectivity index is 1.75. The highest BCUT2D eigenvalue weighted by Gasteiger charge is 2.47. The minimum atomic E-state index is -1.71. The number of hydrogen-bond acceptors (Lipinski definition) is 14. The summed E-state index contributed by atoms with van der Waals surface area (Å²) in [6.45, 7) is 3.53. The van der Waals surface area contributed by atoms with Crippen LogP contribution in [-0.2, 0) is 33.2 Å². The molecular weight excluding hydrogens is 909 g/mol. The zero-order valence-corrected chi connectivity index (χ0v) is 43.9. The third-order valence-corrected chi connectivity index (χ3v) is 13.0. The third-order valence-electron chi connectivity index (χ3n) is 13.0. The Kier molecular flexibility index (Phi) is 40.2. The fraction of sp³-hybridized carbons (Fsp3) is 0.807. The van der Waals surface area contributed by atoms with Crippen LogP contribution < -0.4 is 0 Å². The van der Waals surface area contributed by atoms with Crippen LogP contribution in [0.5, 0.6) is 0 Å². The van der Waals surface area contributed by atoms with Crippen molar-refractivity contribution in [1.29, 1.82) is 0 Å². The van der Waals surface area contributed by atoms with Crippen LogP contribution in [0.2, 0.25) is 0 Å². The van der Waals surface area contributed by atoms with Crippen molar-refractivity contribution in [2.75, 3.05) is 33.0 Å². The molecule has 0 bridgehead atoms. The van der Waals surface area contributed by atoms with Crippen molar-refractivity contribution in [3.63, 3.8) is 0 Å². The number of allylic oxidation sites excluding steroid dienone is 10. The highest BCUT2D eigenvalue weighted by Crippen LogP contribution is 2.26. The molecule has 2 aliphatic rings. The predicted octanol–water partition coefficient (Wildman–Crippen LogP) is 9.30. The van der Waals surface area contributed by atoms with Gasteiger partial charge in [-0.3, -0.25) is 4.79 Å². The summed E-state index contributed by atoms with van der Waals surface area (Å²) in [6.07, 6.45) is 37.1. The summed E-state index contributed by atoms with van der Waals surface area (Å²) in [5.74, 6) is -0.385. The number of unbranched alkanes of at least 4 members (excludes halogenated alkanes) is 20. The minimum Gasteiger partial charge on any atom is -0.457 e. The Hall–Kier alpha value is -2.31. The maximum Gasteiger partial charge on any atom is 0.306 e. The largest absolute Gasteiger partial charge is 0.457 e. The van der Waals surface area contributed by atoms with Crippen LogP contribution in [0.25, 0.3) is 0 Å². The van der Waals surface area contributed by atoms with Crippen LogP contribution in [0.4, 0.5) is 0 Å². The Morgan fingerprint density at radius 2 is 0.915 bits per heavy atom. The SMILES string of the molecule is CC/C=C\C/C=C\C/C=C\C/C=C\C/C=C\CCCCCCOCC(COC1OC(COC2OC(CO)C(O)C(O)C2O)C(O)C(O)C1O)OC(=O)CCCCCCCCCCCCCCCCCCC. The summed E-state index contributed by atoms with van der Waals surface area (Å²) in [5, 5.41) is 72.3. The molecule has 14 heteroatoms. The van der Waals surface area contributed by atoms with E-state index in [2.05, 4.69) is 74.6 Å². The molecule has 0 aromatic heterocycles. The normalized spacial score (nSPS) is 25.8. The molecule has 0 aromatic rings. The van der Waals surface area contributed by atoms with E-state index in [0.717, 1.165) is 83.5 Å². The molecule has 11 unspecified atom stereocenters. The highest BCUT2D eigenvalue weighted by molar-refractivity contribution is 5.69. The lowest BCUT2D eigenvalue weighted by molar-refractivity contribution is -0.332. The van der Waals surface area contributed by atoms with Crippen molar-refractivity contribution in [2.45, 2.75) is 261 Å². The number of carbonyl (C=O) groups is 1. The van der Waals surface area contributed by atoms with Gasteiger partial charge in [0, 0.05) is 13.0 Å². The number of aliphatic hydroxyl groups is 7. The molecule has 2 heterocycles. The molecule has 2 saturated heterocycles. The first kappa shape index (κ1) is 64.8. The Morgan fingerprint density at radius 3 is 1.44 bits per heavy atom. The monoisotopic (exact) mass is 1010 g/mol. The number of carbonyl (C=O) groups excluding carboxylic acids is 1. The lowest BCUT2D eigenvalue weighted by Gasteiger charge is -2.42. The van der Waals surface area contributed by atoms with Crippen molar-refractivity contribution in [3.8, 4) is 0 Å². The lowest BCUT2D eigenvalue weighted by atomic mass is 9.98. The molecule has 0 saturated carbocycles. The first-order valence-corrected chi connectivity index (χ1v) is 27.9. The van der Waals surface area contributed by atoms with Gasteiger partial charge in [0.15, 0.2) is 12.6 Å². The van der Waals surface area contributed by atoms with E-state index in [1.165, 1.54) is 83.5 Å². The van der Waals surface area contributed by atoms with E-state index in [1.807, 2.05) is 0 Å². The zero-order chi connectivity index (χ0) is 51.6. The van der Waals surface area contributed by atoms with E-state index in [-0.39, 0.29) is 25.6 Å². The first-order chi connectivity index (χ1) is 34.6. The molecule has 0 aliphatic carbocycles. The second kappa shape index (κ2) is 44.0. The lowest BCUT2D eigenvalue weighted by Crippen LogP contribution is -2.61. The second-order valence-electron chi connectivity index (χ2n) is 19.4. The summed E-state index contributed by atoms with van der Waals surface area (Å²) >= 11 is 0. The Labute approximate surface area is 428 Å². The highest BCUT2D eigenvalue weighted by atomic mass is 16.7. The number of esters is 1. The van der Waals surface area contributed by atoms with E-state index in [4.69, 9.17) is 28.4 Å². The van der Waals surface area contributed by atoms with Gasteiger partial charge in [-0.15, -0.1) is 0 Å². The van der Waals surface area contributed by atoms with Gasteiger partial charge in [-0.05, 0) is 57.8 Å². The van der Waals surface area contributed by atoms with Crippen LogP contribution in [0.15, 0.2) is 60.8 Å². The van der Waals surface area contributed by atoms with Gasteiger partial charge in [0.1, 0.15) is 54.9 Å². The van der Waals surface area contributed by atoms with Gasteiger partial charge in [0.2, 0.25) is 0 Å². The van der Waals surface area contributed by atoms with Crippen molar-refractivity contribution >= 4 is 5.97 Å². The maximum atomic E-state index is 13.1. The van der Waals surface area contributed by atoms with E-state index < -0.39 is 80.7 Å². The standard InChI is InChI=1S/C57H100O14/c1-3-5-7-9-11-13-15-17-19-21-22-23-25-27-29-31-33-35-37-39-41-66-43-46(69-49(59)40-38-36-34-32-30-28-26-24-20-18-16-14-12-10-8-6-4-2)44-67-56-55(65)53(63)51(61)48(71-56)45-68-57-54(64)52(62)50(60)47(42-58)70-57/h5,7,11,13,17,19,22-23,27,29,46-48,50-58,60-65H,3-4,6,8-10,12,14-16,18,20-21,24-26,28,30-45H2,1-2H3/b7-5-,13-11-,19-17-,23-22-,29-27-. The smallest absolute Gasteiger partial charge is 0.306 e. The molecule has 0 amide bonds. The van der Waals surface area contributed by atoms with Gasteiger partial charge in [-0.1, -0.05) is 190 Å². The number of rotatable bonds is 44. The third kappa shape index (κ3) is 31.2. The van der Waals surface area contributed by atoms with Crippen LogP contribution >= 0.6 is 0 Å². The second-order valence-corrected chi connectivity index (χ2v) is 19.4. The van der Waals surface area contributed by atoms with Crippen molar-refractivity contribution < 1.29 is 69.0 Å². The van der Waals surface area contributed by atoms with Crippen molar-refractivity contribution in [3.05, 3.63) is 60.8 Å². The summed E-state index contributed by atoms with van der Waals surface area (Å²) in [5.41, 5.74) is 0. The molecule has 2 rings (SSSR count). The molecule has 0 spiro atoms. The van der Waals surface area contributed by atoms with Crippen molar-refractivity contribution in [1.82, 2.24) is 0 Å². The average molecular weight is 1010 g/mol. The molecule has 412 valence electrons. The summed E-state index contributed by atoms with van der Waals surface area (Å²) in [7, 11) is 0. The molecule has 0 aromatic carbocycles. The Bertz CT molecular complexity index is 1400. The van der Waals surface area contributed by atoms with Gasteiger partial charge in [0.25, 0.3) is 0 Å². The molecule has 2 fully saturated rings. The molecule has 11 atom stereocenters. The average Bonchev–Trinajstić information content (AvgIpc) is 3.37. The van der Waals surface area contributed by atoms with E-state index in [9.17, 15) is 40.5 Å². The van der Waals surface area contributed by atoms with Gasteiger partial charge in [-0.25, -0.2) is 0 Å². The quantitative estimate of drug-likeness (QED) is 0.0172. The maximum absolute atomic E-state index is 13.1. The molecule has 71 heavy (non-hydrogen) atoms. The molecule has 2 aliphatic heterocycles. The number of hydrogen-bond donors (Lipinski definition) is 7. The van der Waals surface area contributed by atoms with Gasteiger partial charge >= 0.3 is 5.97 Å². The predicted molar refractivity (Wildman–Crippen MR) is 279 cm³/mol. The molecular formula is C57H100O14. The number of ether oxygens (including phenoxy) is 6. The van der Waals surface area contributed by atoms with Crippen LogP contribution in [0, 0.1) is 0 Å². The van der Waals surface area contributed by atoms with Crippen LogP contribution in [-0.4, -0.2) is 142 Å². The van der Waals surface area contributed by atoms with Gasteiger partial charge in [-0.2, -0.15) is 0 Å². The topological polar surface area (TPSA) is 214 Å². The Morgan fingerprint density at radius 1 is 0.479 bits per heavy atom. The molecule has 14 nitrogen and oxygen atoms in total. The van der Waals surface area contributed by atoms with E-state index in [0.29, 0.717) is 13.0 Å². The van der Waals surface area contributed by atoms with Crippen molar-refractivity contribution in [2.24, 2.45) is 0 Å². The zero-order valence-electron chi connectivity index (χ0n) is 43.9. The number of aliphatic hydroxyl groups excluding tert-OH is 7. The fourth-order valence-corrected chi connectivity index (χ4v) is 8.55. The van der Waals surface area contributed by atoms with E-state index in [1.54, 1.807) is 0 Å². The van der Waals surface area contributed by atoms with Gasteiger partial charge < -0.3 is 64.2 Å². The van der Waals surface area contributed by atoms with Gasteiger partial charge in [0.05, 0.1) is 26.4 Å². The molecule has 7 N–H and O–H groups in total. The summed E-state index contributed by atoms with van der Waals surface area (Å²) < 4.78 is 34.3. The van der Waals surface area contributed by atoms with Crippen LogP contribution in [0.3, 0.4) is 0 Å². The summed E-state index contributed by atoms with van der Waals surface area (Å²) in [6, 6.07) is 0. The van der Waals surface area contributed by atoms with Crippen LogP contribution in [0.1, 0.15) is 194 Å². The first-order valence-electron chi connectivity index (χ1n) is 27.9.